The molecule has 0 saturated heterocycles. The van der Waals surface area contributed by atoms with Crippen LogP contribution in [0.1, 0.15) is 18.2 Å². The molecule has 1 heterocycles. The average Bonchev–Trinajstić information content (AvgIpc) is 2.46. The fourth-order valence-electron chi connectivity index (χ4n) is 1.64. The van der Waals surface area contributed by atoms with Gasteiger partial charge in [-0.25, -0.2) is 0 Å². The second-order valence-corrected chi connectivity index (χ2v) is 3.21. The Morgan fingerprint density at radius 2 is 2.00 bits per heavy atom. The molecular formula is C12H13N. The van der Waals surface area contributed by atoms with Gasteiger partial charge in [-0.3, -0.25) is 0 Å². The van der Waals surface area contributed by atoms with E-state index in [0.717, 1.165) is 0 Å². The zero-order valence-corrected chi connectivity index (χ0v) is 7.96. The van der Waals surface area contributed by atoms with Crippen molar-refractivity contribution in [1.29, 1.82) is 0 Å². The van der Waals surface area contributed by atoms with Gasteiger partial charge in [-0.15, -0.1) is 0 Å². The van der Waals surface area contributed by atoms with E-state index in [1.807, 2.05) is 6.92 Å². The van der Waals surface area contributed by atoms with Gasteiger partial charge in [-0.2, -0.15) is 0 Å². The third kappa shape index (κ3) is 1.26. The second kappa shape index (κ2) is 3.09. The number of aromatic nitrogens is 1. The zero-order chi connectivity index (χ0) is 9.26. The normalized spacial score (nSPS) is 11.5. The van der Waals surface area contributed by atoms with Gasteiger partial charge in [0.2, 0.25) is 0 Å². The summed E-state index contributed by atoms with van der Waals surface area (Å²) in [4.78, 5) is 3.38. The highest BCUT2D eigenvalue weighted by Crippen LogP contribution is 2.21. The molecule has 66 valence electrons. The van der Waals surface area contributed by atoms with Gasteiger partial charge in [0.25, 0.3) is 0 Å². The topological polar surface area (TPSA) is 15.8 Å². The first-order chi connectivity index (χ1) is 6.33. The number of hydrogen-bond acceptors (Lipinski definition) is 0. The highest BCUT2D eigenvalue weighted by atomic mass is 14.7. The molecule has 0 fully saturated rings. The van der Waals surface area contributed by atoms with Crippen LogP contribution in [-0.2, 0) is 0 Å². The molecule has 1 aromatic carbocycles. The first-order valence-corrected chi connectivity index (χ1v) is 4.53. The maximum atomic E-state index is 3.38. The fraction of sp³-hybridized carbons (Fsp3) is 0.167. The summed E-state index contributed by atoms with van der Waals surface area (Å²) < 4.78 is 0. The van der Waals surface area contributed by atoms with Gasteiger partial charge in [-0.1, -0.05) is 24.3 Å². The standard InChI is InChI=1S/C12H13N/c1-3-6-11-9(2)10-7-4-5-8-12(10)13-11/h3-8,13H,1-2H3/b6-3+. The molecule has 0 aliphatic carbocycles. The minimum absolute atomic E-state index is 1.21. The highest BCUT2D eigenvalue weighted by Gasteiger charge is 2.02. The van der Waals surface area contributed by atoms with Gasteiger partial charge < -0.3 is 4.98 Å². The smallest absolute Gasteiger partial charge is 0.0461 e. The number of benzene rings is 1. The SMILES string of the molecule is C/C=C/c1[nH]c2ccccc2c1C. The Labute approximate surface area is 78.1 Å². The van der Waals surface area contributed by atoms with E-state index in [0.29, 0.717) is 0 Å². The molecule has 2 rings (SSSR count). The maximum absolute atomic E-state index is 3.38. The molecule has 0 radical (unpaired) electrons. The number of fused-ring (bicyclic) bond motifs is 1. The predicted octanol–water partition coefficient (Wildman–Crippen LogP) is 3.51. The lowest BCUT2D eigenvalue weighted by molar-refractivity contribution is 1.37. The Morgan fingerprint density at radius 1 is 1.23 bits per heavy atom. The molecule has 0 bridgehead atoms. The van der Waals surface area contributed by atoms with Crippen LogP contribution < -0.4 is 0 Å². The Kier molecular flexibility index (Phi) is 1.93. The van der Waals surface area contributed by atoms with E-state index in [2.05, 4.69) is 48.3 Å². The first-order valence-electron chi connectivity index (χ1n) is 4.53. The largest absolute Gasteiger partial charge is 0.355 e. The highest BCUT2D eigenvalue weighted by molar-refractivity contribution is 5.86. The molecule has 0 saturated carbocycles. The first kappa shape index (κ1) is 8.11. The summed E-state index contributed by atoms with van der Waals surface area (Å²) in [6, 6.07) is 8.38. The summed E-state index contributed by atoms with van der Waals surface area (Å²) in [6.45, 7) is 4.18. The number of aryl methyl sites for hydroxylation is 1. The number of H-pyrrole nitrogens is 1. The fourth-order valence-corrected chi connectivity index (χ4v) is 1.64. The van der Waals surface area contributed by atoms with Gasteiger partial charge in [0.1, 0.15) is 0 Å². The number of rotatable bonds is 1. The van der Waals surface area contributed by atoms with E-state index in [1.165, 1.54) is 22.2 Å². The molecule has 0 amide bonds. The van der Waals surface area contributed by atoms with Crippen molar-refractivity contribution in [2.45, 2.75) is 13.8 Å². The number of nitrogens with one attached hydrogen (secondary N) is 1. The van der Waals surface area contributed by atoms with E-state index in [1.54, 1.807) is 0 Å². The van der Waals surface area contributed by atoms with Crippen LogP contribution in [0.4, 0.5) is 0 Å². The summed E-state index contributed by atoms with van der Waals surface area (Å²) in [7, 11) is 0. The van der Waals surface area contributed by atoms with Crippen molar-refractivity contribution < 1.29 is 0 Å². The van der Waals surface area contributed by atoms with Crippen molar-refractivity contribution in [3.05, 3.63) is 41.6 Å². The molecule has 0 aliphatic heterocycles. The molecule has 2 aromatic rings. The van der Waals surface area contributed by atoms with Gasteiger partial charge in [0.15, 0.2) is 0 Å². The minimum atomic E-state index is 1.21. The van der Waals surface area contributed by atoms with E-state index >= 15 is 0 Å². The van der Waals surface area contributed by atoms with Crippen molar-refractivity contribution in [1.82, 2.24) is 4.98 Å². The van der Waals surface area contributed by atoms with Crippen LogP contribution >= 0.6 is 0 Å². The Morgan fingerprint density at radius 3 is 2.69 bits per heavy atom. The van der Waals surface area contributed by atoms with Crippen LogP contribution in [0, 0.1) is 6.92 Å². The zero-order valence-electron chi connectivity index (χ0n) is 7.96. The van der Waals surface area contributed by atoms with Crippen molar-refractivity contribution in [2.75, 3.05) is 0 Å². The van der Waals surface area contributed by atoms with E-state index in [4.69, 9.17) is 0 Å². The van der Waals surface area contributed by atoms with Crippen molar-refractivity contribution in [3.63, 3.8) is 0 Å². The molecule has 0 unspecified atom stereocenters. The number of hydrogen-bond donors (Lipinski definition) is 1. The Balaban J connectivity index is 2.73. The number of allylic oxidation sites excluding steroid dienone is 1. The van der Waals surface area contributed by atoms with Crippen molar-refractivity contribution in [2.24, 2.45) is 0 Å². The minimum Gasteiger partial charge on any atom is -0.355 e. The molecule has 0 aliphatic rings. The van der Waals surface area contributed by atoms with Crippen molar-refractivity contribution in [3.8, 4) is 0 Å². The monoisotopic (exact) mass is 171 g/mol. The number of aromatic amines is 1. The van der Waals surface area contributed by atoms with Gasteiger partial charge in [0.05, 0.1) is 0 Å². The summed E-state index contributed by atoms with van der Waals surface area (Å²) >= 11 is 0. The summed E-state index contributed by atoms with van der Waals surface area (Å²) in [5.74, 6) is 0. The lowest BCUT2D eigenvalue weighted by Gasteiger charge is -1.89. The summed E-state index contributed by atoms with van der Waals surface area (Å²) in [5.41, 5.74) is 3.76. The molecule has 13 heavy (non-hydrogen) atoms. The summed E-state index contributed by atoms with van der Waals surface area (Å²) in [6.07, 6.45) is 4.16. The lowest BCUT2D eigenvalue weighted by Crippen LogP contribution is -1.72. The molecule has 0 atom stereocenters. The lowest BCUT2D eigenvalue weighted by atomic mass is 10.1. The van der Waals surface area contributed by atoms with E-state index < -0.39 is 0 Å². The van der Waals surface area contributed by atoms with Crippen LogP contribution in [0.2, 0.25) is 0 Å². The Bertz CT molecular complexity index is 449. The third-order valence-electron chi connectivity index (χ3n) is 2.34. The third-order valence-corrected chi connectivity index (χ3v) is 2.34. The van der Waals surface area contributed by atoms with Crippen LogP contribution in [0.15, 0.2) is 30.3 Å². The van der Waals surface area contributed by atoms with Crippen LogP contribution in [0.3, 0.4) is 0 Å². The molecule has 1 aromatic heterocycles. The van der Waals surface area contributed by atoms with Crippen molar-refractivity contribution >= 4 is 17.0 Å². The Hall–Kier alpha value is -1.50. The van der Waals surface area contributed by atoms with Crippen LogP contribution in [0.25, 0.3) is 17.0 Å². The van der Waals surface area contributed by atoms with Gasteiger partial charge in [-0.05, 0) is 31.6 Å². The van der Waals surface area contributed by atoms with Gasteiger partial charge in [0, 0.05) is 16.6 Å². The molecule has 1 N–H and O–H groups in total. The second-order valence-electron chi connectivity index (χ2n) is 3.21. The molecule has 1 heteroatoms. The van der Waals surface area contributed by atoms with E-state index in [9.17, 15) is 0 Å². The number of para-hydroxylation sites is 1. The van der Waals surface area contributed by atoms with Crippen LogP contribution in [0.5, 0.6) is 0 Å². The molecular weight excluding hydrogens is 158 g/mol. The van der Waals surface area contributed by atoms with Gasteiger partial charge >= 0.3 is 0 Å². The quantitative estimate of drug-likeness (QED) is 0.675. The average molecular weight is 171 g/mol. The summed E-state index contributed by atoms with van der Waals surface area (Å²) in [5, 5.41) is 1.32. The molecule has 1 nitrogen and oxygen atoms in total. The molecule has 0 spiro atoms. The predicted molar refractivity (Wildman–Crippen MR) is 57.7 cm³/mol. The van der Waals surface area contributed by atoms with Crippen LogP contribution in [-0.4, -0.2) is 4.98 Å². The van der Waals surface area contributed by atoms with E-state index in [-0.39, 0.29) is 0 Å². The maximum Gasteiger partial charge on any atom is 0.0461 e.